The summed E-state index contributed by atoms with van der Waals surface area (Å²) < 4.78 is 11.7. The lowest BCUT2D eigenvalue weighted by molar-refractivity contribution is 0.287. The molecule has 0 unspecified atom stereocenters. The first-order chi connectivity index (χ1) is 14.5. The molecule has 0 saturated carbocycles. The van der Waals surface area contributed by atoms with E-state index in [1.807, 2.05) is 55.5 Å². The van der Waals surface area contributed by atoms with Crippen LogP contribution in [-0.2, 0) is 6.54 Å². The van der Waals surface area contributed by atoms with Crippen LogP contribution < -0.4 is 15.3 Å². The molecule has 0 amide bonds. The molecule has 0 atom stereocenters. The first-order valence-corrected chi connectivity index (χ1v) is 10.3. The van der Waals surface area contributed by atoms with E-state index in [4.69, 9.17) is 32.4 Å². The van der Waals surface area contributed by atoms with Crippen molar-refractivity contribution in [2.24, 2.45) is 0 Å². The average molecular weight is 438 g/mol. The quantitative estimate of drug-likeness (QED) is 0.338. The second kappa shape index (κ2) is 7.38. The lowest BCUT2D eigenvalue weighted by Crippen LogP contribution is -2.32. The van der Waals surface area contributed by atoms with E-state index in [9.17, 15) is 4.79 Å². The Hall–Kier alpha value is -2.95. The third-order valence-electron chi connectivity index (χ3n) is 5.37. The molecule has 2 heterocycles. The van der Waals surface area contributed by atoms with Gasteiger partial charge in [-0.3, -0.25) is 0 Å². The molecule has 0 fully saturated rings. The van der Waals surface area contributed by atoms with E-state index in [1.54, 1.807) is 12.1 Å². The van der Waals surface area contributed by atoms with Gasteiger partial charge in [0.15, 0.2) is 6.73 Å². The Morgan fingerprint density at radius 1 is 0.967 bits per heavy atom. The molecule has 3 aromatic carbocycles. The number of fused-ring (bicyclic) bond motifs is 2. The van der Waals surface area contributed by atoms with Crippen molar-refractivity contribution >= 4 is 39.9 Å². The summed E-state index contributed by atoms with van der Waals surface area (Å²) in [5.41, 5.74) is 4.76. The van der Waals surface area contributed by atoms with E-state index in [0.717, 1.165) is 39.1 Å². The predicted octanol–water partition coefficient (Wildman–Crippen LogP) is 6.43. The molecule has 4 nitrogen and oxygen atoms in total. The molecule has 4 aromatic rings. The molecule has 30 heavy (non-hydrogen) atoms. The van der Waals surface area contributed by atoms with Crippen molar-refractivity contribution in [2.75, 3.05) is 11.6 Å². The van der Waals surface area contributed by atoms with E-state index < -0.39 is 0 Å². The fourth-order valence-electron chi connectivity index (χ4n) is 3.92. The molecule has 0 bridgehead atoms. The Kier molecular flexibility index (Phi) is 4.69. The number of nitrogens with zero attached hydrogens (tertiary/aromatic N) is 1. The minimum Gasteiger partial charge on any atom is -0.472 e. The van der Waals surface area contributed by atoms with Gasteiger partial charge in [-0.05, 0) is 42.3 Å². The highest BCUT2D eigenvalue weighted by Gasteiger charge is 2.24. The van der Waals surface area contributed by atoms with Gasteiger partial charge in [-0.1, -0.05) is 53.5 Å². The topological polar surface area (TPSA) is 42.7 Å². The highest BCUT2D eigenvalue weighted by atomic mass is 35.5. The van der Waals surface area contributed by atoms with E-state index in [-0.39, 0.29) is 5.63 Å². The van der Waals surface area contributed by atoms with E-state index in [0.29, 0.717) is 28.9 Å². The highest BCUT2D eigenvalue weighted by Crippen LogP contribution is 2.39. The molecule has 0 spiro atoms. The lowest BCUT2D eigenvalue weighted by atomic mass is 9.97. The smallest absolute Gasteiger partial charge is 0.336 e. The van der Waals surface area contributed by atoms with Crippen molar-refractivity contribution in [3.8, 4) is 16.9 Å². The largest absolute Gasteiger partial charge is 0.472 e. The Morgan fingerprint density at radius 3 is 2.53 bits per heavy atom. The first kappa shape index (κ1) is 19.0. The standard InChI is InChI=1S/C24H17Cl2NO3/c1-14-23-16(12-27(13-29-23)17-7-8-20(25)21(26)10-17)9-19-18(11-22(28)30-24(14)19)15-5-3-2-4-6-15/h2-11H,12-13H2,1H3. The van der Waals surface area contributed by atoms with Crippen LogP contribution in [0.25, 0.3) is 22.1 Å². The molecule has 150 valence electrons. The monoisotopic (exact) mass is 437 g/mol. The SMILES string of the molecule is Cc1c2c(cc3c(-c4ccccc4)cc(=O)oc13)CN(c1ccc(Cl)c(Cl)c1)CO2. The maximum atomic E-state index is 12.3. The molecule has 5 rings (SSSR count). The van der Waals surface area contributed by atoms with Crippen LogP contribution in [0.15, 0.2) is 69.9 Å². The van der Waals surface area contributed by atoms with Crippen molar-refractivity contribution in [3.05, 3.63) is 92.3 Å². The van der Waals surface area contributed by atoms with Crippen LogP contribution in [0.1, 0.15) is 11.1 Å². The summed E-state index contributed by atoms with van der Waals surface area (Å²) in [4.78, 5) is 14.3. The van der Waals surface area contributed by atoms with Gasteiger partial charge in [-0.25, -0.2) is 4.79 Å². The number of rotatable bonds is 2. The second-order valence-electron chi connectivity index (χ2n) is 7.28. The summed E-state index contributed by atoms with van der Waals surface area (Å²) in [6, 6.07) is 19.0. The Morgan fingerprint density at radius 2 is 1.77 bits per heavy atom. The van der Waals surface area contributed by atoms with Gasteiger partial charge in [0, 0.05) is 34.8 Å². The third-order valence-corrected chi connectivity index (χ3v) is 6.11. The molecule has 1 aromatic heterocycles. The zero-order chi connectivity index (χ0) is 20.8. The van der Waals surface area contributed by atoms with E-state index in [2.05, 4.69) is 4.90 Å². The maximum absolute atomic E-state index is 12.3. The van der Waals surface area contributed by atoms with Crippen LogP contribution in [0.5, 0.6) is 5.75 Å². The lowest BCUT2D eigenvalue weighted by Gasteiger charge is -2.32. The van der Waals surface area contributed by atoms with Gasteiger partial charge in [0.25, 0.3) is 0 Å². The third kappa shape index (κ3) is 3.22. The zero-order valence-electron chi connectivity index (χ0n) is 16.1. The van der Waals surface area contributed by atoms with Crippen molar-refractivity contribution < 1.29 is 9.15 Å². The molecule has 6 heteroatoms. The van der Waals surface area contributed by atoms with Gasteiger partial charge in [-0.2, -0.15) is 0 Å². The van der Waals surface area contributed by atoms with Crippen molar-refractivity contribution in [3.63, 3.8) is 0 Å². The van der Waals surface area contributed by atoms with E-state index >= 15 is 0 Å². The Labute approximate surface area is 183 Å². The minimum atomic E-state index is -0.377. The molecular weight excluding hydrogens is 421 g/mol. The van der Waals surface area contributed by atoms with Gasteiger partial charge in [-0.15, -0.1) is 0 Å². The summed E-state index contributed by atoms with van der Waals surface area (Å²) in [6.07, 6.45) is 0. The van der Waals surface area contributed by atoms with Gasteiger partial charge in [0.2, 0.25) is 0 Å². The number of halogens is 2. The average Bonchev–Trinajstić information content (AvgIpc) is 2.76. The van der Waals surface area contributed by atoms with Gasteiger partial charge in [0.1, 0.15) is 11.3 Å². The highest BCUT2D eigenvalue weighted by molar-refractivity contribution is 6.42. The number of hydrogen-bond donors (Lipinski definition) is 0. The van der Waals surface area contributed by atoms with Gasteiger partial charge >= 0.3 is 5.63 Å². The minimum absolute atomic E-state index is 0.361. The van der Waals surface area contributed by atoms with Crippen LogP contribution in [0, 0.1) is 6.92 Å². The summed E-state index contributed by atoms with van der Waals surface area (Å²) in [5.74, 6) is 0.757. The zero-order valence-corrected chi connectivity index (χ0v) is 17.6. The first-order valence-electron chi connectivity index (χ1n) is 9.50. The number of aryl methyl sites for hydroxylation is 1. The summed E-state index contributed by atoms with van der Waals surface area (Å²) >= 11 is 12.3. The summed E-state index contributed by atoms with van der Waals surface area (Å²) in [6.45, 7) is 2.92. The van der Waals surface area contributed by atoms with Gasteiger partial charge < -0.3 is 14.1 Å². The van der Waals surface area contributed by atoms with E-state index in [1.165, 1.54) is 0 Å². The fourth-order valence-corrected chi connectivity index (χ4v) is 4.22. The molecule has 1 aliphatic rings. The second-order valence-corrected chi connectivity index (χ2v) is 8.10. The van der Waals surface area contributed by atoms with Crippen molar-refractivity contribution in [1.29, 1.82) is 0 Å². The Balaban J connectivity index is 1.66. The molecule has 0 saturated heterocycles. The molecule has 1 aliphatic heterocycles. The van der Waals surface area contributed by atoms with Crippen LogP contribution in [0.4, 0.5) is 5.69 Å². The molecule has 0 N–H and O–H groups in total. The van der Waals surface area contributed by atoms with Crippen molar-refractivity contribution in [1.82, 2.24) is 0 Å². The maximum Gasteiger partial charge on any atom is 0.336 e. The normalized spacial score (nSPS) is 13.2. The Bertz CT molecular complexity index is 1330. The number of anilines is 1. The van der Waals surface area contributed by atoms with Crippen LogP contribution in [-0.4, -0.2) is 6.73 Å². The van der Waals surface area contributed by atoms with Crippen LogP contribution in [0.2, 0.25) is 10.0 Å². The number of ether oxygens (including phenoxy) is 1. The predicted molar refractivity (Wildman–Crippen MR) is 121 cm³/mol. The fraction of sp³-hybridized carbons (Fsp3) is 0.125. The number of benzene rings is 3. The van der Waals surface area contributed by atoms with Crippen LogP contribution in [0.3, 0.4) is 0 Å². The number of hydrogen-bond acceptors (Lipinski definition) is 4. The van der Waals surface area contributed by atoms with Crippen molar-refractivity contribution in [2.45, 2.75) is 13.5 Å². The summed E-state index contributed by atoms with van der Waals surface area (Å²) in [5, 5.41) is 1.91. The molecule has 0 radical (unpaired) electrons. The van der Waals surface area contributed by atoms with Crippen LogP contribution >= 0.6 is 23.2 Å². The van der Waals surface area contributed by atoms with Gasteiger partial charge in [0.05, 0.1) is 10.0 Å². The molecular formula is C24H17Cl2NO3. The molecule has 0 aliphatic carbocycles. The summed E-state index contributed by atoms with van der Waals surface area (Å²) in [7, 11) is 0.